The Kier molecular flexibility index (Phi) is 5.32. The fraction of sp³-hybridized carbons (Fsp3) is 0.211. The SMILES string of the molecule is CN1C(=O)CC(C)(c2cc(NC(=O)c3ccc(Cl)cc3Cl)ccc2F)N=C1N. The highest BCUT2D eigenvalue weighted by molar-refractivity contribution is 6.37. The van der Waals surface area contributed by atoms with E-state index in [2.05, 4.69) is 10.3 Å². The van der Waals surface area contributed by atoms with Crippen molar-refractivity contribution in [2.45, 2.75) is 18.9 Å². The van der Waals surface area contributed by atoms with Crippen molar-refractivity contribution in [1.29, 1.82) is 0 Å². The highest BCUT2D eigenvalue weighted by Gasteiger charge is 2.38. The Morgan fingerprint density at radius 2 is 2.00 bits per heavy atom. The first-order valence-corrected chi connectivity index (χ1v) is 9.04. The maximum Gasteiger partial charge on any atom is 0.257 e. The smallest absolute Gasteiger partial charge is 0.257 e. The van der Waals surface area contributed by atoms with E-state index in [4.69, 9.17) is 28.9 Å². The van der Waals surface area contributed by atoms with Crippen LogP contribution in [0.1, 0.15) is 29.3 Å². The van der Waals surface area contributed by atoms with E-state index in [9.17, 15) is 14.0 Å². The number of anilines is 1. The number of carbonyl (C=O) groups is 2. The van der Waals surface area contributed by atoms with Gasteiger partial charge in [0.05, 0.1) is 22.5 Å². The Morgan fingerprint density at radius 1 is 1.29 bits per heavy atom. The summed E-state index contributed by atoms with van der Waals surface area (Å²) in [7, 11) is 1.50. The van der Waals surface area contributed by atoms with Crippen LogP contribution in [0.2, 0.25) is 10.0 Å². The Hall–Kier alpha value is -2.64. The van der Waals surface area contributed by atoms with Crippen molar-refractivity contribution in [3.63, 3.8) is 0 Å². The number of nitrogens with zero attached hydrogens (tertiary/aromatic N) is 2. The molecule has 146 valence electrons. The molecule has 0 radical (unpaired) electrons. The van der Waals surface area contributed by atoms with Crippen LogP contribution in [0.15, 0.2) is 41.4 Å². The predicted molar refractivity (Wildman–Crippen MR) is 107 cm³/mol. The van der Waals surface area contributed by atoms with Gasteiger partial charge in [-0.3, -0.25) is 14.5 Å². The number of halogens is 3. The molecule has 2 aromatic rings. The number of hydrogen-bond acceptors (Lipinski definition) is 4. The number of guanidine groups is 1. The zero-order chi connectivity index (χ0) is 20.6. The van der Waals surface area contributed by atoms with Gasteiger partial charge in [0.1, 0.15) is 5.82 Å². The largest absolute Gasteiger partial charge is 0.369 e. The molecule has 6 nitrogen and oxygen atoms in total. The average molecular weight is 423 g/mol. The van der Waals surface area contributed by atoms with Crippen molar-refractivity contribution < 1.29 is 14.0 Å². The van der Waals surface area contributed by atoms with Crippen molar-refractivity contribution >= 4 is 46.7 Å². The minimum Gasteiger partial charge on any atom is -0.369 e. The third kappa shape index (κ3) is 3.81. The molecule has 1 atom stereocenters. The summed E-state index contributed by atoms with van der Waals surface area (Å²) in [6, 6.07) is 8.54. The number of aliphatic imine (C=N–C) groups is 1. The van der Waals surface area contributed by atoms with Gasteiger partial charge in [0.25, 0.3) is 5.91 Å². The molecule has 0 saturated heterocycles. The van der Waals surface area contributed by atoms with Gasteiger partial charge in [0.15, 0.2) is 5.96 Å². The van der Waals surface area contributed by atoms with Crippen LogP contribution in [0.3, 0.4) is 0 Å². The minimum absolute atomic E-state index is 0.000495. The van der Waals surface area contributed by atoms with Gasteiger partial charge in [-0.25, -0.2) is 9.38 Å². The fourth-order valence-electron chi connectivity index (χ4n) is 2.95. The lowest BCUT2D eigenvalue weighted by Gasteiger charge is -2.34. The van der Waals surface area contributed by atoms with Gasteiger partial charge in [0, 0.05) is 23.3 Å². The van der Waals surface area contributed by atoms with Gasteiger partial charge in [-0.2, -0.15) is 0 Å². The van der Waals surface area contributed by atoms with Crippen molar-refractivity contribution in [2.75, 3.05) is 12.4 Å². The van der Waals surface area contributed by atoms with Crippen molar-refractivity contribution in [2.24, 2.45) is 10.7 Å². The number of nitrogens with two attached hydrogens (primary N) is 1. The number of rotatable bonds is 3. The zero-order valence-corrected chi connectivity index (χ0v) is 16.6. The van der Waals surface area contributed by atoms with Crippen LogP contribution in [0, 0.1) is 5.82 Å². The van der Waals surface area contributed by atoms with Crippen LogP contribution in [0.4, 0.5) is 10.1 Å². The average Bonchev–Trinajstić information content (AvgIpc) is 2.61. The molecule has 0 spiro atoms. The quantitative estimate of drug-likeness (QED) is 0.788. The lowest BCUT2D eigenvalue weighted by atomic mass is 9.87. The van der Waals surface area contributed by atoms with E-state index in [0.717, 1.165) is 0 Å². The van der Waals surface area contributed by atoms with Crippen molar-refractivity contribution in [3.8, 4) is 0 Å². The zero-order valence-electron chi connectivity index (χ0n) is 15.1. The fourth-order valence-corrected chi connectivity index (χ4v) is 3.45. The summed E-state index contributed by atoms with van der Waals surface area (Å²) in [5.41, 5.74) is 5.31. The van der Waals surface area contributed by atoms with Crippen LogP contribution in [0.25, 0.3) is 0 Å². The number of carbonyl (C=O) groups excluding carboxylic acids is 2. The topological polar surface area (TPSA) is 87.8 Å². The Bertz CT molecular complexity index is 1010. The second-order valence-corrected chi connectivity index (χ2v) is 7.49. The molecule has 0 fully saturated rings. The third-order valence-electron chi connectivity index (χ3n) is 4.55. The Morgan fingerprint density at radius 3 is 2.64 bits per heavy atom. The summed E-state index contributed by atoms with van der Waals surface area (Å²) >= 11 is 11.9. The molecule has 2 aromatic carbocycles. The molecule has 2 amide bonds. The van der Waals surface area contributed by atoms with Crippen LogP contribution in [-0.4, -0.2) is 29.7 Å². The summed E-state index contributed by atoms with van der Waals surface area (Å²) in [6.45, 7) is 1.62. The lowest BCUT2D eigenvalue weighted by molar-refractivity contribution is -0.128. The molecule has 1 aliphatic rings. The molecule has 3 N–H and O–H groups in total. The maximum atomic E-state index is 14.5. The van der Waals surface area contributed by atoms with Gasteiger partial charge >= 0.3 is 0 Å². The molecule has 1 heterocycles. The van der Waals surface area contributed by atoms with E-state index in [1.165, 1.54) is 42.3 Å². The summed E-state index contributed by atoms with van der Waals surface area (Å²) in [5, 5.41) is 3.26. The van der Waals surface area contributed by atoms with E-state index >= 15 is 0 Å². The first kappa shape index (κ1) is 20.1. The van der Waals surface area contributed by atoms with Crippen LogP contribution >= 0.6 is 23.2 Å². The van der Waals surface area contributed by atoms with E-state index in [1.54, 1.807) is 13.0 Å². The highest BCUT2D eigenvalue weighted by atomic mass is 35.5. The van der Waals surface area contributed by atoms with Crippen LogP contribution < -0.4 is 11.1 Å². The Labute approximate surface area is 171 Å². The normalized spacial score (nSPS) is 19.4. The number of amides is 2. The number of benzene rings is 2. The van der Waals surface area contributed by atoms with Gasteiger partial charge in [-0.15, -0.1) is 0 Å². The highest BCUT2D eigenvalue weighted by Crippen LogP contribution is 2.36. The maximum absolute atomic E-state index is 14.5. The monoisotopic (exact) mass is 422 g/mol. The summed E-state index contributed by atoms with van der Waals surface area (Å²) in [6.07, 6.45) is -0.0540. The molecular formula is C19H17Cl2FN4O2. The van der Waals surface area contributed by atoms with Gasteiger partial charge < -0.3 is 11.1 Å². The van der Waals surface area contributed by atoms with Crippen LogP contribution in [-0.2, 0) is 10.3 Å². The molecule has 0 bridgehead atoms. The Balaban J connectivity index is 1.94. The standard InChI is InChI=1S/C19H17Cl2FN4O2/c1-19(9-16(27)26(2)18(23)25-19)13-8-11(4-6-15(13)22)24-17(28)12-5-3-10(20)7-14(12)21/h3-8H,9H2,1-2H3,(H2,23,25)(H,24,28). The molecule has 9 heteroatoms. The molecule has 1 aliphatic heterocycles. The van der Waals surface area contributed by atoms with Crippen LogP contribution in [0.5, 0.6) is 0 Å². The van der Waals surface area contributed by atoms with Crippen molar-refractivity contribution in [3.05, 3.63) is 63.4 Å². The van der Waals surface area contributed by atoms with Gasteiger partial charge in [-0.05, 0) is 43.3 Å². The molecule has 0 aliphatic carbocycles. The lowest BCUT2D eigenvalue weighted by Crippen LogP contribution is -2.47. The van der Waals surface area contributed by atoms with E-state index in [-0.39, 0.29) is 34.4 Å². The molecule has 0 aromatic heterocycles. The molecular weight excluding hydrogens is 406 g/mol. The summed E-state index contributed by atoms with van der Waals surface area (Å²) in [4.78, 5) is 30.2. The third-order valence-corrected chi connectivity index (χ3v) is 5.10. The molecule has 0 saturated carbocycles. The minimum atomic E-state index is -1.18. The first-order valence-electron chi connectivity index (χ1n) is 8.29. The number of nitrogens with one attached hydrogen (secondary N) is 1. The summed E-state index contributed by atoms with van der Waals surface area (Å²) in [5.74, 6) is -1.32. The molecule has 1 unspecified atom stereocenters. The first-order chi connectivity index (χ1) is 13.1. The van der Waals surface area contributed by atoms with Gasteiger partial charge in [-0.1, -0.05) is 23.2 Å². The van der Waals surface area contributed by atoms with E-state index in [1.807, 2.05) is 0 Å². The van der Waals surface area contributed by atoms with Crippen molar-refractivity contribution in [1.82, 2.24) is 4.90 Å². The van der Waals surface area contributed by atoms with E-state index < -0.39 is 17.3 Å². The molecule has 3 rings (SSSR count). The van der Waals surface area contributed by atoms with Gasteiger partial charge in [0.2, 0.25) is 5.91 Å². The van der Waals surface area contributed by atoms with E-state index in [0.29, 0.717) is 10.7 Å². The second kappa shape index (κ2) is 7.41. The summed E-state index contributed by atoms with van der Waals surface area (Å²) < 4.78 is 14.5. The molecule has 28 heavy (non-hydrogen) atoms. The predicted octanol–water partition coefficient (Wildman–Crippen LogP) is 3.78. The number of hydrogen-bond donors (Lipinski definition) is 2. The second-order valence-electron chi connectivity index (χ2n) is 6.65.